The molecule has 10 aromatic carbocycles. The van der Waals surface area contributed by atoms with E-state index in [-0.39, 0.29) is 53.9 Å². The SMILES string of the molecule is O=S(=O)(O)c1ccc2ccc3ccc(Oc4c(F)c(F)c(-c5c(F)c(F)c(Oc6cc(S(=O)(=O)O)c7ccc8c(S(=O)(=O)O)ccc9ccc6c7c98)c(F)c5F)c(F)c4F)c4ccc1c2c34. The largest absolute Gasteiger partial charge is 0.450 e. The Morgan fingerprint density at radius 2 is 0.636 bits per heavy atom. The Balaban J connectivity index is 1.10. The summed E-state index contributed by atoms with van der Waals surface area (Å²) in [7, 11) is -15.0. The number of hydrogen-bond donors (Lipinski definition) is 3. The van der Waals surface area contributed by atoms with Gasteiger partial charge in [0.15, 0.2) is 23.3 Å². The van der Waals surface area contributed by atoms with Crippen LogP contribution in [0.5, 0.6) is 23.0 Å². The molecule has 0 spiro atoms. The van der Waals surface area contributed by atoms with Gasteiger partial charge in [0.05, 0.1) is 11.1 Å². The average molecular weight is 971 g/mol. The molecule has 334 valence electrons. The maximum Gasteiger partial charge on any atom is 0.295 e. The summed E-state index contributed by atoms with van der Waals surface area (Å²) < 4.78 is 242. The monoisotopic (exact) mass is 970 g/mol. The summed E-state index contributed by atoms with van der Waals surface area (Å²) in [6, 6.07) is 17.8. The van der Waals surface area contributed by atoms with Crippen molar-refractivity contribution in [1.82, 2.24) is 0 Å². The highest BCUT2D eigenvalue weighted by molar-refractivity contribution is 7.86. The Hall–Kier alpha value is -6.95. The maximum absolute atomic E-state index is 16.0. The van der Waals surface area contributed by atoms with Crippen LogP contribution in [0.3, 0.4) is 0 Å². The maximum atomic E-state index is 16.0. The first-order valence-electron chi connectivity index (χ1n) is 18.4. The predicted octanol–water partition coefficient (Wildman–Crippen LogP) is 11.6. The molecular weight excluding hydrogens is 953 g/mol. The first-order chi connectivity index (χ1) is 31.0. The molecule has 0 radical (unpaired) electrons. The van der Waals surface area contributed by atoms with Crippen molar-refractivity contribution >= 4 is 95.0 Å². The highest BCUT2D eigenvalue weighted by Crippen LogP contribution is 2.48. The second-order valence-corrected chi connectivity index (χ2v) is 19.0. The molecule has 3 N–H and O–H groups in total. The van der Waals surface area contributed by atoms with Crippen LogP contribution in [0.1, 0.15) is 0 Å². The first kappa shape index (κ1) is 43.0. The molecule has 0 heterocycles. The summed E-state index contributed by atoms with van der Waals surface area (Å²) in [6.07, 6.45) is 0. The fourth-order valence-electron chi connectivity index (χ4n) is 8.45. The van der Waals surface area contributed by atoms with Gasteiger partial charge in [-0.25, -0.2) is 17.6 Å². The van der Waals surface area contributed by atoms with Gasteiger partial charge in [-0.1, -0.05) is 54.6 Å². The van der Waals surface area contributed by atoms with Crippen molar-refractivity contribution in [3.8, 4) is 34.1 Å². The molecule has 10 rings (SSSR count). The molecule has 0 unspecified atom stereocenters. The van der Waals surface area contributed by atoms with Crippen LogP contribution in [0, 0.1) is 46.5 Å². The number of hydrogen-bond acceptors (Lipinski definition) is 8. The molecule has 0 aliphatic heterocycles. The van der Waals surface area contributed by atoms with Crippen molar-refractivity contribution in [2.45, 2.75) is 14.7 Å². The van der Waals surface area contributed by atoms with Crippen molar-refractivity contribution in [2.75, 3.05) is 0 Å². The van der Waals surface area contributed by atoms with Crippen LogP contribution in [0.25, 0.3) is 75.8 Å². The summed E-state index contributed by atoms with van der Waals surface area (Å²) in [5.74, 6) is -25.8. The Kier molecular flexibility index (Phi) is 9.29. The minimum Gasteiger partial charge on any atom is -0.450 e. The molecule has 10 aromatic rings. The Morgan fingerprint density at radius 3 is 1.08 bits per heavy atom. The number of halogens is 8. The molecule has 22 heteroatoms. The summed E-state index contributed by atoms with van der Waals surface area (Å²) >= 11 is 0. The minimum atomic E-state index is -5.31. The van der Waals surface area contributed by atoms with Crippen molar-refractivity contribution in [3.05, 3.63) is 138 Å². The number of rotatable bonds is 8. The zero-order valence-electron chi connectivity index (χ0n) is 32.0. The van der Waals surface area contributed by atoms with Crippen LogP contribution in [-0.2, 0) is 30.4 Å². The topological polar surface area (TPSA) is 182 Å². The van der Waals surface area contributed by atoms with Gasteiger partial charge >= 0.3 is 0 Å². The van der Waals surface area contributed by atoms with E-state index in [4.69, 9.17) is 9.47 Å². The Morgan fingerprint density at radius 1 is 0.333 bits per heavy atom. The second-order valence-electron chi connectivity index (χ2n) is 14.8. The normalized spacial score (nSPS) is 12.8. The lowest BCUT2D eigenvalue weighted by atomic mass is 9.94. The lowest BCUT2D eigenvalue weighted by Crippen LogP contribution is -2.09. The second kappa shape index (κ2) is 14.3. The summed E-state index contributed by atoms with van der Waals surface area (Å²) in [5, 5.41) is 0.289. The molecule has 0 amide bonds. The van der Waals surface area contributed by atoms with Gasteiger partial charge in [-0.15, -0.1) is 0 Å². The van der Waals surface area contributed by atoms with Crippen molar-refractivity contribution in [1.29, 1.82) is 0 Å². The van der Waals surface area contributed by atoms with Gasteiger partial charge in [0.2, 0.25) is 34.8 Å². The molecule has 0 aliphatic rings. The summed E-state index contributed by atoms with van der Waals surface area (Å²) in [4.78, 5) is -2.18. The average Bonchev–Trinajstić information content (AvgIpc) is 3.26. The first-order valence-corrected chi connectivity index (χ1v) is 22.8. The molecule has 0 atom stereocenters. The van der Waals surface area contributed by atoms with Gasteiger partial charge in [-0.3, -0.25) is 13.7 Å². The molecule has 0 aromatic heterocycles. The van der Waals surface area contributed by atoms with Gasteiger partial charge in [0.1, 0.15) is 26.2 Å². The third kappa shape index (κ3) is 6.20. The van der Waals surface area contributed by atoms with Crippen LogP contribution >= 0.6 is 0 Å². The molecule has 0 fully saturated rings. The van der Waals surface area contributed by atoms with E-state index in [2.05, 4.69) is 0 Å². The van der Waals surface area contributed by atoms with E-state index in [0.29, 0.717) is 16.8 Å². The molecule has 0 aliphatic carbocycles. The van der Waals surface area contributed by atoms with Crippen molar-refractivity contribution < 1.29 is 83.5 Å². The predicted molar refractivity (Wildman–Crippen MR) is 221 cm³/mol. The molecule has 0 saturated carbocycles. The van der Waals surface area contributed by atoms with E-state index in [1.165, 1.54) is 36.4 Å². The fourth-order valence-corrected chi connectivity index (χ4v) is 10.5. The van der Waals surface area contributed by atoms with E-state index in [1.807, 2.05) is 0 Å². The quantitative estimate of drug-likeness (QED) is 0.0570. The van der Waals surface area contributed by atoms with E-state index in [9.17, 15) is 38.9 Å². The standard InChI is InChI=1S/C44H18F8O11S3/c45-35-33(36(46)40(50)43(39(35)49)62-24-12-4-16-1-2-17-5-13-26(64(53,54)55)21-9-8-19(24)29(16)30(17)21)34-37(47)41(51)44(42(52)38(34)48)63-25-15-28(66(59,60)61)23-11-10-22-27(65(56,57)58)14-6-18-3-7-20(25)32(23)31(18)22/h1-15H,(H,53,54,55)(H,56,57,58)(H,59,60,61). The van der Waals surface area contributed by atoms with Crippen LogP contribution in [-0.4, -0.2) is 38.9 Å². The van der Waals surface area contributed by atoms with Crippen molar-refractivity contribution in [2.24, 2.45) is 0 Å². The fraction of sp³-hybridized carbons (Fsp3) is 0. The number of ether oxygens (including phenoxy) is 2. The Labute approximate surface area is 363 Å². The van der Waals surface area contributed by atoms with Gasteiger partial charge in [-0.2, -0.15) is 42.8 Å². The van der Waals surface area contributed by atoms with Gasteiger partial charge in [0, 0.05) is 43.8 Å². The van der Waals surface area contributed by atoms with E-state index < -0.39 is 126 Å². The molecule has 0 bridgehead atoms. The molecular formula is C44H18F8O11S3. The zero-order chi connectivity index (χ0) is 47.3. The van der Waals surface area contributed by atoms with E-state index in [0.717, 1.165) is 36.4 Å². The third-order valence-corrected chi connectivity index (χ3v) is 13.9. The third-order valence-electron chi connectivity index (χ3n) is 11.2. The smallest absolute Gasteiger partial charge is 0.295 e. The van der Waals surface area contributed by atoms with E-state index in [1.54, 1.807) is 12.1 Å². The lowest BCUT2D eigenvalue weighted by Gasteiger charge is -2.19. The summed E-state index contributed by atoms with van der Waals surface area (Å²) in [5.41, 5.74) is -4.59. The summed E-state index contributed by atoms with van der Waals surface area (Å²) in [6.45, 7) is 0. The Bertz CT molecular complexity index is 4130. The molecule has 0 saturated heterocycles. The van der Waals surface area contributed by atoms with Gasteiger partial charge in [-0.05, 0) is 57.3 Å². The highest BCUT2D eigenvalue weighted by atomic mass is 32.2. The van der Waals surface area contributed by atoms with Gasteiger partial charge < -0.3 is 9.47 Å². The lowest BCUT2D eigenvalue weighted by molar-refractivity contribution is 0.362. The van der Waals surface area contributed by atoms with Crippen LogP contribution in [0.4, 0.5) is 35.1 Å². The van der Waals surface area contributed by atoms with Crippen molar-refractivity contribution in [3.63, 3.8) is 0 Å². The minimum absolute atomic E-state index is 0.00478. The highest BCUT2D eigenvalue weighted by Gasteiger charge is 2.37. The van der Waals surface area contributed by atoms with Crippen LogP contribution in [0.15, 0.2) is 106 Å². The molecule has 11 nitrogen and oxygen atoms in total. The van der Waals surface area contributed by atoms with E-state index >= 15 is 35.1 Å². The van der Waals surface area contributed by atoms with Crippen LogP contribution < -0.4 is 9.47 Å². The zero-order valence-corrected chi connectivity index (χ0v) is 34.5. The van der Waals surface area contributed by atoms with Crippen LogP contribution in [0.2, 0.25) is 0 Å². The van der Waals surface area contributed by atoms with Gasteiger partial charge in [0.25, 0.3) is 30.4 Å². The number of benzene rings is 10. The molecule has 66 heavy (non-hydrogen) atoms.